The highest BCUT2D eigenvalue weighted by Gasteiger charge is 2.04. The molecule has 78 valence electrons. The van der Waals surface area contributed by atoms with E-state index >= 15 is 0 Å². The second-order valence-corrected chi connectivity index (χ2v) is 4.05. The molecular weight excluding hydrogens is 206 g/mol. The van der Waals surface area contributed by atoms with Crippen LogP contribution in [0.4, 0.5) is 5.69 Å². The zero-order valence-corrected chi connectivity index (χ0v) is 9.42. The van der Waals surface area contributed by atoms with Gasteiger partial charge in [-0.2, -0.15) is 0 Å². The van der Waals surface area contributed by atoms with E-state index in [9.17, 15) is 0 Å². The lowest BCUT2D eigenvalue weighted by molar-refractivity contribution is 0.961. The molecule has 0 saturated heterocycles. The Kier molecular flexibility index (Phi) is 3.29. The molecule has 3 nitrogen and oxygen atoms in total. The van der Waals surface area contributed by atoms with Crippen molar-refractivity contribution in [3.05, 3.63) is 40.9 Å². The van der Waals surface area contributed by atoms with Gasteiger partial charge in [-0.3, -0.25) is 0 Å². The predicted octanol–water partition coefficient (Wildman–Crippen LogP) is 2.71. The van der Waals surface area contributed by atoms with Crippen molar-refractivity contribution in [2.24, 2.45) is 0 Å². The van der Waals surface area contributed by atoms with Gasteiger partial charge in [0.25, 0.3) is 0 Å². The Hall–Kier alpha value is -1.42. The normalized spacial score (nSPS) is 10.2. The van der Waals surface area contributed by atoms with Gasteiger partial charge in [-0.15, -0.1) is 5.10 Å². The van der Waals surface area contributed by atoms with Crippen molar-refractivity contribution in [1.82, 2.24) is 9.59 Å². The molecule has 0 fully saturated rings. The third-order valence-corrected chi connectivity index (χ3v) is 2.96. The fourth-order valence-electron chi connectivity index (χ4n) is 1.37. The van der Waals surface area contributed by atoms with Gasteiger partial charge in [-0.25, -0.2) is 0 Å². The van der Waals surface area contributed by atoms with Crippen molar-refractivity contribution in [3.8, 4) is 0 Å². The van der Waals surface area contributed by atoms with Gasteiger partial charge in [-0.1, -0.05) is 29.6 Å². The molecule has 0 bridgehead atoms. The van der Waals surface area contributed by atoms with Crippen LogP contribution < -0.4 is 5.32 Å². The molecular formula is C11H13N3S. The number of nitrogens with zero attached hydrogens (tertiary/aromatic N) is 2. The maximum Gasteiger partial charge on any atom is 0.0803 e. The second kappa shape index (κ2) is 4.89. The summed E-state index contributed by atoms with van der Waals surface area (Å²) in [6.07, 6.45) is 0.947. The lowest BCUT2D eigenvalue weighted by atomic mass is 10.3. The zero-order chi connectivity index (χ0) is 10.5. The van der Waals surface area contributed by atoms with Gasteiger partial charge >= 0.3 is 0 Å². The van der Waals surface area contributed by atoms with Gasteiger partial charge in [0.05, 0.1) is 17.1 Å². The van der Waals surface area contributed by atoms with Crippen molar-refractivity contribution < 1.29 is 0 Å². The first-order valence-corrected chi connectivity index (χ1v) is 5.76. The minimum absolute atomic E-state index is 0.810. The average molecular weight is 219 g/mol. The van der Waals surface area contributed by atoms with E-state index in [0.717, 1.165) is 24.3 Å². The van der Waals surface area contributed by atoms with Crippen LogP contribution in [0, 0.1) is 0 Å². The molecule has 0 atom stereocenters. The molecule has 2 rings (SSSR count). The topological polar surface area (TPSA) is 37.8 Å². The fourth-order valence-corrected chi connectivity index (χ4v) is 2.03. The molecule has 0 aliphatic heterocycles. The molecule has 0 amide bonds. The molecule has 0 aliphatic carbocycles. The molecule has 0 saturated carbocycles. The Morgan fingerprint density at radius 2 is 2.07 bits per heavy atom. The number of hydrogen-bond acceptors (Lipinski definition) is 4. The second-order valence-electron chi connectivity index (χ2n) is 3.22. The van der Waals surface area contributed by atoms with Gasteiger partial charge in [-0.05, 0) is 30.1 Å². The number of para-hydroxylation sites is 1. The Labute approximate surface area is 93.3 Å². The molecule has 1 N–H and O–H groups in total. The summed E-state index contributed by atoms with van der Waals surface area (Å²) < 4.78 is 3.96. The van der Waals surface area contributed by atoms with Crippen molar-refractivity contribution in [2.75, 3.05) is 5.32 Å². The Balaban J connectivity index is 1.99. The van der Waals surface area contributed by atoms with E-state index in [1.807, 2.05) is 18.2 Å². The SMILES string of the molecule is CCc1nnsc1CNc1ccccc1. The quantitative estimate of drug-likeness (QED) is 0.859. The monoisotopic (exact) mass is 219 g/mol. The van der Waals surface area contributed by atoms with Crippen LogP contribution in [0.15, 0.2) is 30.3 Å². The lowest BCUT2D eigenvalue weighted by Crippen LogP contribution is -1.99. The first kappa shape index (κ1) is 10.1. The van der Waals surface area contributed by atoms with E-state index in [0.29, 0.717) is 0 Å². The Morgan fingerprint density at radius 1 is 1.27 bits per heavy atom. The molecule has 0 aliphatic rings. The minimum atomic E-state index is 0.810. The number of nitrogens with one attached hydrogen (secondary N) is 1. The van der Waals surface area contributed by atoms with Crippen molar-refractivity contribution in [3.63, 3.8) is 0 Å². The molecule has 0 radical (unpaired) electrons. The average Bonchev–Trinajstić information content (AvgIpc) is 2.75. The number of benzene rings is 1. The Bertz CT molecular complexity index is 411. The van der Waals surface area contributed by atoms with Gasteiger partial charge < -0.3 is 5.32 Å². The smallest absolute Gasteiger partial charge is 0.0803 e. The van der Waals surface area contributed by atoms with E-state index in [2.05, 4.69) is 34.0 Å². The third-order valence-electron chi connectivity index (χ3n) is 2.20. The Morgan fingerprint density at radius 3 is 2.80 bits per heavy atom. The van der Waals surface area contributed by atoms with Crippen LogP contribution in [0.5, 0.6) is 0 Å². The maximum atomic E-state index is 4.08. The zero-order valence-electron chi connectivity index (χ0n) is 8.60. The van der Waals surface area contributed by atoms with E-state index in [4.69, 9.17) is 0 Å². The largest absolute Gasteiger partial charge is 0.380 e. The summed E-state index contributed by atoms with van der Waals surface area (Å²) in [5.41, 5.74) is 2.23. The first-order valence-electron chi connectivity index (χ1n) is 4.99. The summed E-state index contributed by atoms with van der Waals surface area (Å²) in [5, 5.41) is 7.43. The molecule has 0 unspecified atom stereocenters. The molecule has 0 spiro atoms. The highest BCUT2D eigenvalue weighted by atomic mass is 32.1. The van der Waals surface area contributed by atoms with Gasteiger partial charge in [0, 0.05) is 5.69 Å². The molecule has 1 aromatic carbocycles. The van der Waals surface area contributed by atoms with Crippen LogP contribution in [0.2, 0.25) is 0 Å². The summed E-state index contributed by atoms with van der Waals surface area (Å²) in [6, 6.07) is 10.2. The molecule has 4 heteroatoms. The fraction of sp³-hybridized carbons (Fsp3) is 0.273. The van der Waals surface area contributed by atoms with Crippen LogP contribution in [-0.4, -0.2) is 9.59 Å². The summed E-state index contributed by atoms with van der Waals surface area (Å²) >= 11 is 1.47. The summed E-state index contributed by atoms with van der Waals surface area (Å²) in [5.74, 6) is 0. The lowest BCUT2D eigenvalue weighted by Gasteiger charge is -2.04. The van der Waals surface area contributed by atoms with Gasteiger partial charge in [0.15, 0.2) is 0 Å². The molecule has 1 aromatic heterocycles. The van der Waals surface area contributed by atoms with Crippen molar-refractivity contribution in [1.29, 1.82) is 0 Å². The van der Waals surface area contributed by atoms with Crippen LogP contribution in [0.25, 0.3) is 0 Å². The van der Waals surface area contributed by atoms with Crippen LogP contribution in [-0.2, 0) is 13.0 Å². The van der Waals surface area contributed by atoms with Crippen LogP contribution in [0.3, 0.4) is 0 Å². The number of hydrogen-bond donors (Lipinski definition) is 1. The highest BCUT2D eigenvalue weighted by molar-refractivity contribution is 7.05. The first-order chi connectivity index (χ1) is 7.40. The minimum Gasteiger partial charge on any atom is -0.380 e. The summed E-state index contributed by atoms with van der Waals surface area (Å²) in [4.78, 5) is 1.22. The van der Waals surface area contributed by atoms with Gasteiger partial charge in [0.2, 0.25) is 0 Å². The molecule has 15 heavy (non-hydrogen) atoms. The standard InChI is InChI=1S/C11H13N3S/c1-2-10-11(15-14-13-10)8-12-9-6-4-3-5-7-9/h3-7,12H,2,8H2,1H3. The van der Waals surface area contributed by atoms with E-state index < -0.39 is 0 Å². The molecule has 1 heterocycles. The number of aryl methyl sites for hydroxylation is 1. The maximum absolute atomic E-state index is 4.08. The third kappa shape index (κ3) is 2.53. The molecule has 2 aromatic rings. The van der Waals surface area contributed by atoms with E-state index in [1.165, 1.54) is 16.4 Å². The predicted molar refractivity (Wildman–Crippen MR) is 63.1 cm³/mol. The van der Waals surface area contributed by atoms with E-state index in [-0.39, 0.29) is 0 Å². The van der Waals surface area contributed by atoms with E-state index in [1.54, 1.807) is 0 Å². The number of anilines is 1. The number of aromatic nitrogens is 2. The van der Waals surface area contributed by atoms with Crippen LogP contribution >= 0.6 is 11.5 Å². The van der Waals surface area contributed by atoms with Crippen molar-refractivity contribution in [2.45, 2.75) is 19.9 Å². The summed E-state index contributed by atoms with van der Waals surface area (Å²) in [6.45, 7) is 2.91. The highest BCUT2D eigenvalue weighted by Crippen LogP contribution is 2.14. The van der Waals surface area contributed by atoms with Gasteiger partial charge in [0.1, 0.15) is 0 Å². The van der Waals surface area contributed by atoms with Crippen molar-refractivity contribution >= 4 is 17.2 Å². The number of rotatable bonds is 4. The summed E-state index contributed by atoms with van der Waals surface area (Å²) in [7, 11) is 0. The van der Waals surface area contributed by atoms with Crippen LogP contribution in [0.1, 0.15) is 17.5 Å².